The van der Waals surface area contributed by atoms with Crippen LogP contribution in [0.15, 0.2) is 24.3 Å². The number of nitrogens with zero attached hydrogens (tertiary/aromatic N) is 1. The standard InChI is InChI=1S/C16H23N3O/c20-16(17-8-5-11-19-9-3-4-10-19)14-12-18-15-7-2-1-6-13(14)15/h1-2,6-7,14,18H,3-5,8-12H2,(H,17,20). The third-order valence-corrected chi connectivity index (χ3v) is 4.30. The van der Waals surface area contributed by atoms with Crippen molar-refractivity contribution in [2.45, 2.75) is 25.2 Å². The number of rotatable bonds is 5. The Morgan fingerprint density at radius 1 is 1.30 bits per heavy atom. The molecule has 1 fully saturated rings. The average molecular weight is 273 g/mol. The Hall–Kier alpha value is -1.55. The zero-order valence-corrected chi connectivity index (χ0v) is 11.9. The second-order valence-electron chi connectivity index (χ2n) is 5.71. The van der Waals surface area contributed by atoms with E-state index in [2.05, 4.69) is 15.5 Å². The van der Waals surface area contributed by atoms with Crippen LogP contribution in [0.2, 0.25) is 0 Å². The summed E-state index contributed by atoms with van der Waals surface area (Å²) in [7, 11) is 0. The van der Waals surface area contributed by atoms with Crippen LogP contribution >= 0.6 is 0 Å². The lowest BCUT2D eigenvalue weighted by molar-refractivity contribution is -0.122. The van der Waals surface area contributed by atoms with Crippen LogP contribution in [-0.2, 0) is 4.79 Å². The first-order valence-corrected chi connectivity index (χ1v) is 7.67. The van der Waals surface area contributed by atoms with Crippen molar-refractivity contribution in [3.05, 3.63) is 29.8 Å². The van der Waals surface area contributed by atoms with E-state index in [1.165, 1.54) is 25.9 Å². The number of hydrogen-bond donors (Lipinski definition) is 2. The number of nitrogens with one attached hydrogen (secondary N) is 2. The van der Waals surface area contributed by atoms with Crippen LogP contribution in [0.3, 0.4) is 0 Å². The van der Waals surface area contributed by atoms with E-state index < -0.39 is 0 Å². The van der Waals surface area contributed by atoms with E-state index in [0.717, 1.165) is 37.3 Å². The molecule has 0 radical (unpaired) electrons. The van der Waals surface area contributed by atoms with Crippen molar-refractivity contribution >= 4 is 11.6 Å². The third-order valence-electron chi connectivity index (χ3n) is 4.30. The van der Waals surface area contributed by atoms with Gasteiger partial charge in [0.2, 0.25) is 5.91 Å². The number of para-hydroxylation sites is 1. The summed E-state index contributed by atoms with van der Waals surface area (Å²) >= 11 is 0. The molecule has 108 valence electrons. The van der Waals surface area contributed by atoms with Crippen molar-refractivity contribution < 1.29 is 4.79 Å². The summed E-state index contributed by atoms with van der Waals surface area (Å²) < 4.78 is 0. The van der Waals surface area contributed by atoms with Crippen molar-refractivity contribution in [3.63, 3.8) is 0 Å². The maximum Gasteiger partial charge on any atom is 0.229 e. The first-order chi connectivity index (χ1) is 9.84. The van der Waals surface area contributed by atoms with Gasteiger partial charge < -0.3 is 15.5 Å². The Bertz CT molecular complexity index is 469. The normalized spacial score (nSPS) is 21.5. The van der Waals surface area contributed by atoms with E-state index in [-0.39, 0.29) is 11.8 Å². The summed E-state index contributed by atoms with van der Waals surface area (Å²) in [5, 5.41) is 6.38. The fraction of sp³-hybridized carbons (Fsp3) is 0.562. The molecule has 2 heterocycles. The summed E-state index contributed by atoms with van der Waals surface area (Å²) in [6, 6.07) is 8.08. The minimum atomic E-state index is -0.0296. The molecule has 2 N–H and O–H groups in total. The number of likely N-dealkylation sites (tertiary alicyclic amines) is 1. The molecule has 2 aliphatic rings. The minimum Gasteiger partial charge on any atom is -0.384 e. The molecule has 1 aromatic carbocycles. The van der Waals surface area contributed by atoms with Gasteiger partial charge >= 0.3 is 0 Å². The highest BCUT2D eigenvalue weighted by Gasteiger charge is 2.27. The molecule has 0 spiro atoms. The predicted octanol–water partition coefficient (Wildman–Crippen LogP) is 1.80. The quantitative estimate of drug-likeness (QED) is 0.804. The lowest BCUT2D eigenvalue weighted by Crippen LogP contribution is -2.33. The predicted molar refractivity (Wildman–Crippen MR) is 81.0 cm³/mol. The molecular weight excluding hydrogens is 250 g/mol. The fourth-order valence-corrected chi connectivity index (χ4v) is 3.16. The maximum absolute atomic E-state index is 12.2. The number of anilines is 1. The number of benzene rings is 1. The second kappa shape index (κ2) is 6.27. The van der Waals surface area contributed by atoms with Gasteiger partial charge in [-0.25, -0.2) is 0 Å². The van der Waals surface area contributed by atoms with E-state index in [9.17, 15) is 4.79 Å². The molecule has 0 aromatic heterocycles. The highest BCUT2D eigenvalue weighted by Crippen LogP contribution is 2.30. The van der Waals surface area contributed by atoms with Crippen LogP contribution in [0.5, 0.6) is 0 Å². The number of fused-ring (bicyclic) bond motifs is 1. The molecule has 0 bridgehead atoms. The highest BCUT2D eigenvalue weighted by atomic mass is 16.1. The Morgan fingerprint density at radius 3 is 2.95 bits per heavy atom. The Kier molecular flexibility index (Phi) is 4.21. The molecule has 3 rings (SSSR count). The van der Waals surface area contributed by atoms with Crippen LogP contribution in [0.1, 0.15) is 30.7 Å². The van der Waals surface area contributed by atoms with Crippen molar-refractivity contribution in [3.8, 4) is 0 Å². The second-order valence-corrected chi connectivity index (χ2v) is 5.71. The molecule has 1 aromatic rings. The van der Waals surface area contributed by atoms with E-state index in [4.69, 9.17) is 0 Å². The number of carbonyl (C=O) groups excluding carboxylic acids is 1. The molecular formula is C16H23N3O. The van der Waals surface area contributed by atoms with Crippen molar-refractivity contribution in [1.82, 2.24) is 10.2 Å². The van der Waals surface area contributed by atoms with Gasteiger partial charge in [0.15, 0.2) is 0 Å². The summed E-state index contributed by atoms with van der Waals surface area (Å²) in [4.78, 5) is 14.7. The van der Waals surface area contributed by atoms with Gasteiger partial charge in [0.25, 0.3) is 0 Å². The average Bonchev–Trinajstić information content (AvgIpc) is 3.12. The zero-order chi connectivity index (χ0) is 13.8. The van der Waals surface area contributed by atoms with E-state index >= 15 is 0 Å². The van der Waals surface area contributed by atoms with Gasteiger partial charge in [0.1, 0.15) is 0 Å². The van der Waals surface area contributed by atoms with Gasteiger partial charge in [0, 0.05) is 18.8 Å². The molecule has 0 aliphatic carbocycles. The van der Waals surface area contributed by atoms with Crippen molar-refractivity contribution in [2.75, 3.05) is 38.0 Å². The van der Waals surface area contributed by atoms with Gasteiger partial charge in [-0.15, -0.1) is 0 Å². The van der Waals surface area contributed by atoms with Crippen molar-refractivity contribution in [1.29, 1.82) is 0 Å². The largest absolute Gasteiger partial charge is 0.384 e. The molecule has 1 amide bonds. The van der Waals surface area contributed by atoms with E-state index in [0.29, 0.717) is 0 Å². The molecule has 1 saturated heterocycles. The first-order valence-electron chi connectivity index (χ1n) is 7.67. The Morgan fingerprint density at radius 2 is 2.10 bits per heavy atom. The number of carbonyl (C=O) groups is 1. The van der Waals surface area contributed by atoms with Crippen LogP contribution in [0.4, 0.5) is 5.69 Å². The van der Waals surface area contributed by atoms with Gasteiger partial charge in [0.05, 0.1) is 5.92 Å². The van der Waals surface area contributed by atoms with Gasteiger partial charge in [-0.3, -0.25) is 4.79 Å². The van der Waals surface area contributed by atoms with E-state index in [1.54, 1.807) is 0 Å². The van der Waals surface area contributed by atoms with Crippen LogP contribution < -0.4 is 10.6 Å². The van der Waals surface area contributed by atoms with Gasteiger partial charge in [-0.2, -0.15) is 0 Å². The molecule has 2 aliphatic heterocycles. The topological polar surface area (TPSA) is 44.4 Å². The van der Waals surface area contributed by atoms with Crippen molar-refractivity contribution in [2.24, 2.45) is 0 Å². The smallest absolute Gasteiger partial charge is 0.229 e. The van der Waals surface area contributed by atoms with E-state index in [1.807, 2.05) is 24.3 Å². The van der Waals surface area contributed by atoms with Crippen LogP contribution in [0, 0.1) is 0 Å². The lowest BCUT2D eigenvalue weighted by Gasteiger charge is -2.15. The van der Waals surface area contributed by atoms with Crippen LogP contribution in [0.25, 0.3) is 0 Å². The molecule has 4 heteroatoms. The summed E-state index contributed by atoms with van der Waals surface area (Å²) in [5.74, 6) is 0.127. The SMILES string of the molecule is O=C(NCCCN1CCCC1)C1CNc2ccccc21. The fourth-order valence-electron chi connectivity index (χ4n) is 3.16. The maximum atomic E-state index is 12.2. The third kappa shape index (κ3) is 2.96. The van der Waals surface area contributed by atoms with Gasteiger partial charge in [-0.1, -0.05) is 18.2 Å². The Labute approximate surface area is 120 Å². The zero-order valence-electron chi connectivity index (χ0n) is 11.9. The molecule has 0 saturated carbocycles. The van der Waals surface area contributed by atoms with Crippen LogP contribution in [-0.4, -0.2) is 43.5 Å². The minimum absolute atomic E-state index is 0.0296. The lowest BCUT2D eigenvalue weighted by atomic mass is 10.0. The summed E-state index contributed by atoms with van der Waals surface area (Å²) in [5.41, 5.74) is 2.23. The number of hydrogen-bond acceptors (Lipinski definition) is 3. The molecule has 20 heavy (non-hydrogen) atoms. The molecule has 1 atom stereocenters. The highest BCUT2D eigenvalue weighted by molar-refractivity contribution is 5.88. The summed E-state index contributed by atoms with van der Waals surface area (Å²) in [6.45, 7) is 5.08. The monoisotopic (exact) mass is 273 g/mol. The van der Waals surface area contributed by atoms with Gasteiger partial charge in [-0.05, 0) is 50.5 Å². The number of amides is 1. The molecule has 4 nitrogen and oxygen atoms in total. The summed E-state index contributed by atoms with van der Waals surface area (Å²) in [6.07, 6.45) is 3.71. The Balaban J connectivity index is 1.43. The molecule has 1 unspecified atom stereocenters. The first kappa shape index (κ1) is 13.4.